The van der Waals surface area contributed by atoms with Gasteiger partial charge in [0.1, 0.15) is 6.29 Å². The number of nitrogens with zero attached hydrogens (tertiary/aromatic N) is 3. The van der Waals surface area contributed by atoms with Gasteiger partial charge in [0.15, 0.2) is 0 Å². The Morgan fingerprint density at radius 3 is 2.71 bits per heavy atom. The topological polar surface area (TPSA) is 65.8 Å². The van der Waals surface area contributed by atoms with Crippen LogP contribution in [0, 0.1) is 5.92 Å². The van der Waals surface area contributed by atoms with Crippen molar-refractivity contribution in [1.29, 1.82) is 0 Å². The third-order valence-corrected chi connectivity index (χ3v) is 1.91. The zero-order valence-corrected chi connectivity index (χ0v) is 7.71. The molecule has 4 nitrogen and oxygen atoms in total. The van der Waals surface area contributed by atoms with E-state index in [0.717, 1.165) is 11.8 Å². The lowest BCUT2D eigenvalue weighted by atomic mass is 10.0. The molecule has 1 atom stereocenters. The summed E-state index contributed by atoms with van der Waals surface area (Å²) in [5, 5.41) is 3.39. The first-order valence-electron chi connectivity index (χ1n) is 4.37. The SMILES string of the molecule is [N-]=[N+]=NC[C@@H](C=O)Cc1ccccc1. The zero-order chi connectivity index (χ0) is 10.2. The summed E-state index contributed by atoms with van der Waals surface area (Å²) in [5.41, 5.74) is 9.20. The van der Waals surface area contributed by atoms with Gasteiger partial charge < -0.3 is 4.79 Å². The summed E-state index contributed by atoms with van der Waals surface area (Å²) < 4.78 is 0. The molecule has 14 heavy (non-hydrogen) atoms. The number of aldehydes is 1. The van der Waals surface area contributed by atoms with Crippen molar-refractivity contribution in [3.8, 4) is 0 Å². The standard InChI is InChI=1S/C10H11N3O/c11-13-12-7-10(8-14)6-9-4-2-1-3-5-9/h1-5,8,10H,6-7H2/t10-/m0/s1. The Morgan fingerprint density at radius 1 is 1.43 bits per heavy atom. The van der Waals surface area contributed by atoms with Crippen molar-refractivity contribution in [3.05, 3.63) is 46.3 Å². The van der Waals surface area contributed by atoms with Crippen LogP contribution in [0.2, 0.25) is 0 Å². The van der Waals surface area contributed by atoms with Crippen LogP contribution in [0.4, 0.5) is 0 Å². The normalized spacial score (nSPS) is 11.4. The molecule has 1 aromatic carbocycles. The summed E-state index contributed by atoms with van der Waals surface area (Å²) in [6.07, 6.45) is 1.46. The molecule has 0 radical (unpaired) electrons. The maximum atomic E-state index is 10.6. The highest BCUT2D eigenvalue weighted by Gasteiger charge is 2.06. The predicted octanol–water partition coefficient (Wildman–Crippen LogP) is 2.35. The van der Waals surface area contributed by atoms with Gasteiger partial charge in [-0.25, -0.2) is 0 Å². The van der Waals surface area contributed by atoms with Crippen LogP contribution in [-0.2, 0) is 11.2 Å². The van der Waals surface area contributed by atoms with E-state index in [2.05, 4.69) is 10.0 Å². The molecule has 0 fully saturated rings. The van der Waals surface area contributed by atoms with Crippen molar-refractivity contribution in [2.75, 3.05) is 6.54 Å². The number of carbonyl (C=O) groups excluding carboxylic acids is 1. The Morgan fingerprint density at radius 2 is 2.14 bits per heavy atom. The second-order valence-corrected chi connectivity index (χ2v) is 3.00. The Bertz CT molecular complexity index is 330. The molecule has 0 aromatic heterocycles. The quantitative estimate of drug-likeness (QED) is 0.303. The van der Waals surface area contributed by atoms with Gasteiger partial charge in [-0.1, -0.05) is 35.4 Å². The molecule has 0 aliphatic carbocycles. The number of carbonyl (C=O) groups is 1. The van der Waals surface area contributed by atoms with Crippen molar-refractivity contribution in [1.82, 2.24) is 0 Å². The Balaban J connectivity index is 2.56. The van der Waals surface area contributed by atoms with E-state index in [0.29, 0.717) is 6.42 Å². The molecular formula is C10H11N3O. The van der Waals surface area contributed by atoms with Gasteiger partial charge in [-0.3, -0.25) is 0 Å². The molecule has 0 N–H and O–H groups in total. The first-order chi connectivity index (χ1) is 6.86. The molecule has 0 heterocycles. The molecule has 0 bridgehead atoms. The van der Waals surface area contributed by atoms with Crippen LogP contribution in [0.25, 0.3) is 10.4 Å². The van der Waals surface area contributed by atoms with Gasteiger partial charge in [0.05, 0.1) is 0 Å². The van der Waals surface area contributed by atoms with E-state index in [9.17, 15) is 4.79 Å². The molecule has 0 saturated heterocycles. The van der Waals surface area contributed by atoms with Gasteiger partial charge in [0, 0.05) is 17.4 Å². The minimum atomic E-state index is -0.215. The van der Waals surface area contributed by atoms with E-state index >= 15 is 0 Å². The Kier molecular flexibility index (Phi) is 4.24. The number of benzene rings is 1. The summed E-state index contributed by atoms with van der Waals surface area (Å²) in [6, 6.07) is 9.67. The molecule has 4 heteroatoms. The van der Waals surface area contributed by atoms with Gasteiger partial charge in [-0.05, 0) is 17.5 Å². The van der Waals surface area contributed by atoms with Crippen LogP contribution in [0.5, 0.6) is 0 Å². The summed E-state index contributed by atoms with van der Waals surface area (Å²) >= 11 is 0. The van der Waals surface area contributed by atoms with Gasteiger partial charge in [-0.2, -0.15) is 0 Å². The largest absolute Gasteiger partial charge is 0.303 e. The van der Waals surface area contributed by atoms with Crippen LogP contribution in [0.1, 0.15) is 5.56 Å². The van der Waals surface area contributed by atoms with E-state index in [-0.39, 0.29) is 12.5 Å². The van der Waals surface area contributed by atoms with Crippen LogP contribution >= 0.6 is 0 Å². The van der Waals surface area contributed by atoms with Gasteiger partial charge in [0.2, 0.25) is 0 Å². The fraction of sp³-hybridized carbons (Fsp3) is 0.300. The smallest absolute Gasteiger partial charge is 0.123 e. The van der Waals surface area contributed by atoms with E-state index in [1.54, 1.807) is 0 Å². The van der Waals surface area contributed by atoms with E-state index in [1.165, 1.54) is 0 Å². The average Bonchev–Trinajstić information content (AvgIpc) is 2.25. The van der Waals surface area contributed by atoms with Gasteiger partial charge in [0.25, 0.3) is 0 Å². The molecular weight excluding hydrogens is 178 g/mol. The summed E-state index contributed by atoms with van der Waals surface area (Å²) in [4.78, 5) is 13.3. The highest BCUT2D eigenvalue weighted by Crippen LogP contribution is 2.07. The van der Waals surface area contributed by atoms with Crippen molar-refractivity contribution in [2.45, 2.75) is 6.42 Å². The van der Waals surface area contributed by atoms with Crippen LogP contribution in [-0.4, -0.2) is 12.8 Å². The lowest BCUT2D eigenvalue weighted by molar-refractivity contribution is -0.110. The maximum absolute atomic E-state index is 10.6. The minimum absolute atomic E-state index is 0.215. The van der Waals surface area contributed by atoms with Crippen LogP contribution in [0.15, 0.2) is 35.4 Å². The third kappa shape index (κ3) is 3.29. The van der Waals surface area contributed by atoms with Crippen molar-refractivity contribution >= 4 is 6.29 Å². The number of hydrogen-bond donors (Lipinski definition) is 0. The average molecular weight is 189 g/mol. The van der Waals surface area contributed by atoms with E-state index in [4.69, 9.17) is 5.53 Å². The van der Waals surface area contributed by atoms with Gasteiger partial charge in [-0.15, -0.1) is 0 Å². The third-order valence-electron chi connectivity index (χ3n) is 1.91. The number of rotatable bonds is 5. The fourth-order valence-corrected chi connectivity index (χ4v) is 1.21. The van der Waals surface area contributed by atoms with E-state index < -0.39 is 0 Å². The van der Waals surface area contributed by atoms with Crippen molar-refractivity contribution in [3.63, 3.8) is 0 Å². The highest BCUT2D eigenvalue weighted by molar-refractivity contribution is 5.54. The summed E-state index contributed by atoms with van der Waals surface area (Å²) in [5.74, 6) is -0.215. The second kappa shape index (κ2) is 5.78. The first-order valence-corrected chi connectivity index (χ1v) is 4.37. The zero-order valence-electron chi connectivity index (χ0n) is 7.71. The number of hydrogen-bond acceptors (Lipinski definition) is 2. The minimum Gasteiger partial charge on any atom is -0.303 e. The van der Waals surface area contributed by atoms with Crippen molar-refractivity contribution < 1.29 is 4.79 Å². The fourth-order valence-electron chi connectivity index (χ4n) is 1.21. The molecule has 0 saturated carbocycles. The van der Waals surface area contributed by atoms with Crippen molar-refractivity contribution in [2.24, 2.45) is 11.0 Å². The Labute approximate surface area is 82.2 Å². The molecule has 0 aliphatic heterocycles. The monoisotopic (exact) mass is 189 g/mol. The lowest BCUT2D eigenvalue weighted by Crippen LogP contribution is -2.09. The Hall–Kier alpha value is -1.80. The molecule has 0 aliphatic rings. The molecule has 1 rings (SSSR count). The molecule has 0 amide bonds. The van der Waals surface area contributed by atoms with E-state index in [1.807, 2.05) is 30.3 Å². The van der Waals surface area contributed by atoms with Gasteiger partial charge >= 0.3 is 0 Å². The van der Waals surface area contributed by atoms with Crippen LogP contribution in [0.3, 0.4) is 0 Å². The second-order valence-electron chi connectivity index (χ2n) is 3.00. The van der Waals surface area contributed by atoms with Crippen LogP contribution < -0.4 is 0 Å². The highest BCUT2D eigenvalue weighted by atomic mass is 16.1. The molecule has 0 unspecified atom stereocenters. The molecule has 0 spiro atoms. The summed E-state index contributed by atoms with van der Waals surface area (Å²) in [7, 11) is 0. The number of azide groups is 1. The maximum Gasteiger partial charge on any atom is 0.123 e. The molecule has 1 aromatic rings. The molecule has 72 valence electrons. The lowest BCUT2D eigenvalue weighted by Gasteiger charge is -2.05. The first kappa shape index (κ1) is 10.3. The predicted molar refractivity (Wildman–Crippen MR) is 53.7 cm³/mol. The summed E-state index contributed by atoms with van der Waals surface area (Å²) in [6.45, 7) is 0.231.